The van der Waals surface area contributed by atoms with Crippen molar-refractivity contribution in [1.29, 1.82) is 0 Å². The van der Waals surface area contributed by atoms with E-state index >= 15 is 0 Å². The smallest absolute Gasteiger partial charge is 0.272 e. The molecule has 2 heterocycles. The number of hydrogen-bond acceptors (Lipinski definition) is 4. The lowest BCUT2D eigenvalue weighted by Crippen LogP contribution is -2.48. The summed E-state index contributed by atoms with van der Waals surface area (Å²) in [6.45, 7) is 6.48. The van der Waals surface area contributed by atoms with Gasteiger partial charge in [0.25, 0.3) is 5.91 Å². The van der Waals surface area contributed by atoms with Crippen LogP contribution in [0.25, 0.3) is 0 Å². The Hall–Kier alpha value is -1.82. The van der Waals surface area contributed by atoms with Crippen LogP contribution in [0.3, 0.4) is 0 Å². The van der Waals surface area contributed by atoms with E-state index in [-0.39, 0.29) is 5.91 Å². The lowest BCUT2D eigenvalue weighted by Gasteiger charge is -2.33. The summed E-state index contributed by atoms with van der Waals surface area (Å²) in [6.07, 6.45) is 1.64. The maximum absolute atomic E-state index is 12.5. The third-order valence-corrected chi connectivity index (χ3v) is 4.68. The van der Waals surface area contributed by atoms with Crippen molar-refractivity contribution in [3.63, 3.8) is 0 Å². The number of nitrogens with one attached hydrogen (secondary N) is 1. The van der Waals surface area contributed by atoms with Gasteiger partial charge in [-0.15, -0.1) is 0 Å². The third-order valence-electron chi connectivity index (χ3n) is 4.24. The van der Waals surface area contributed by atoms with Gasteiger partial charge in [-0.1, -0.05) is 30.1 Å². The number of amides is 1. The van der Waals surface area contributed by atoms with Crippen LogP contribution in [-0.4, -0.2) is 53.4 Å². The number of likely N-dealkylation sites (N-methyl/N-ethyl adjacent to an activating group) is 1. The Bertz CT molecular complexity index is 723. The molecule has 0 bridgehead atoms. The van der Waals surface area contributed by atoms with E-state index in [9.17, 15) is 4.79 Å². The molecule has 1 amide bonds. The van der Waals surface area contributed by atoms with E-state index in [1.165, 1.54) is 0 Å². The Kier molecular flexibility index (Phi) is 5.78. The molecule has 0 radical (unpaired) electrons. The molecule has 1 fully saturated rings. The molecule has 2 aromatic rings. The summed E-state index contributed by atoms with van der Waals surface area (Å²) >= 11 is 12.0. The second-order valence-corrected chi connectivity index (χ2v) is 6.81. The topological polar surface area (TPSA) is 48.5 Å². The number of halogens is 2. The second kappa shape index (κ2) is 8.04. The summed E-state index contributed by atoms with van der Waals surface area (Å²) in [5.74, 6) is -0.0203. The summed E-state index contributed by atoms with van der Waals surface area (Å²) in [5, 5.41) is 4.29. The number of piperazine rings is 1. The van der Waals surface area contributed by atoms with E-state index in [2.05, 4.69) is 22.1 Å². The van der Waals surface area contributed by atoms with Gasteiger partial charge in [0.15, 0.2) is 0 Å². The van der Waals surface area contributed by atoms with E-state index in [1.54, 1.807) is 30.5 Å². The van der Waals surface area contributed by atoms with Crippen LogP contribution in [-0.2, 0) is 0 Å². The number of pyridine rings is 1. The largest absolute Gasteiger partial charge is 0.354 e. The first kappa shape index (κ1) is 18.0. The van der Waals surface area contributed by atoms with Crippen molar-refractivity contribution in [2.75, 3.05) is 38.0 Å². The molecular formula is C18H20Cl2N4O. The molecule has 1 aromatic carbocycles. The van der Waals surface area contributed by atoms with Crippen LogP contribution in [0, 0.1) is 0 Å². The van der Waals surface area contributed by atoms with Crippen molar-refractivity contribution in [3.8, 4) is 0 Å². The minimum Gasteiger partial charge on any atom is -0.354 e. The first-order valence-corrected chi connectivity index (χ1v) is 9.01. The fraction of sp³-hybridized carbons (Fsp3) is 0.333. The van der Waals surface area contributed by atoms with Gasteiger partial charge in [0.1, 0.15) is 5.69 Å². The molecule has 0 atom stereocenters. The van der Waals surface area contributed by atoms with E-state index in [0.29, 0.717) is 15.7 Å². The number of nitrogens with zero attached hydrogens (tertiary/aromatic N) is 3. The van der Waals surface area contributed by atoms with Crippen molar-refractivity contribution < 1.29 is 4.79 Å². The maximum atomic E-state index is 12.5. The number of rotatable bonds is 4. The highest BCUT2D eigenvalue weighted by molar-refractivity contribution is 6.35. The number of anilines is 2. The minimum atomic E-state index is -0.0203. The summed E-state index contributed by atoms with van der Waals surface area (Å²) < 4.78 is 0. The zero-order valence-corrected chi connectivity index (χ0v) is 15.5. The van der Waals surface area contributed by atoms with E-state index in [4.69, 9.17) is 23.2 Å². The summed E-state index contributed by atoms with van der Waals surface area (Å²) in [6, 6.07) is 8.80. The summed E-state index contributed by atoms with van der Waals surface area (Å²) in [7, 11) is 0. The van der Waals surface area contributed by atoms with Crippen LogP contribution in [0.2, 0.25) is 10.0 Å². The molecule has 132 valence electrons. The highest BCUT2D eigenvalue weighted by atomic mass is 35.5. The van der Waals surface area contributed by atoms with Gasteiger partial charge >= 0.3 is 0 Å². The monoisotopic (exact) mass is 378 g/mol. The van der Waals surface area contributed by atoms with Crippen molar-refractivity contribution >= 4 is 40.5 Å². The summed E-state index contributed by atoms with van der Waals surface area (Å²) in [4.78, 5) is 21.0. The fourth-order valence-corrected chi connectivity index (χ4v) is 3.34. The lowest BCUT2D eigenvalue weighted by molar-refractivity contribution is 0.0637. The number of aromatic nitrogens is 1. The number of carbonyl (C=O) groups excluding carboxylic acids is 1. The van der Waals surface area contributed by atoms with Gasteiger partial charge in [-0.2, -0.15) is 0 Å². The Balaban J connectivity index is 1.64. The van der Waals surface area contributed by atoms with Crippen molar-refractivity contribution in [2.45, 2.75) is 6.92 Å². The van der Waals surface area contributed by atoms with Crippen molar-refractivity contribution in [2.24, 2.45) is 0 Å². The van der Waals surface area contributed by atoms with E-state index in [0.717, 1.165) is 44.1 Å². The highest BCUT2D eigenvalue weighted by Gasteiger charge is 2.22. The molecule has 5 nitrogen and oxygen atoms in total. The molecule has 1 N–H and O–H groups in total. The average Bonchev–Trinajstić information content (AvgIpc) is 2.61. The molecule has 0 unspecified atom stereocenters. The molecule has 1 aromatic heterocycles. The predicted octanol–water partition coefficient (Wildman–Crippen LogP) is 3.91. The molecule has 0 saturated carbocycles. The van der Waals surface area contributed by atoms with Gasteiger partial charge < -0.3 is 15.1 Å². The molecule has 1 aliphatic heterocycles. The van der Waals surface area contributed by atoms with Crippen LogP contribution >= 0.6 is 23.2 Å². The Morgan fingerprint density at radius 2 is 1.76 bits per heavy atom. The van der Waals surface area contributed by atoms with Gasteiger partial charge in [-0.3, -0.25) is 4.79 Å². The van der Waals surface area contributed by atoms with Crippen molar-refractivity contribution in [3.05, 3.63) is 52.3 Å². The number of carbonyl (C=O) groups is 1. The SMILES string of the molecule is CCN1CCN(C(=O)c2ccc(Nc3cc(Cl)cc(Cl)c3)cn2)CC1. The Labute approximate surface area is 157 Å². The first-order chi connectivity index (χ1) is 12.0. The van der Waals surface area contributed by atoms with Crippen LogP contribution < -0.4 is 5.32 Å². The van der Waals surface area contributed by atoms with Gasteiger partial charge in [0, 0.05) is 41.9 Å². The van der Waals surface area contributed by atoms with Gasteiger partial charge in [0.05, 0.1) is 11.9 Å². The maximum Gasteiger partial charge on any atom is 0.272 e. The van der Waals surface area contributed by atoms with Crippen molar-refractivity contribution in [1.82, 2.24) is 14.8 Å². The van der Waals surface area contributed by atoms with Gasteiger partial charge in [-0.25, -0.2) is 4.98 Å². The molecule has 25 heavy (non-hydrogen) atoms. The average molecular weight is 379 g/mol. The second-order valence-electron chi connectivity index (χ2n) is 5.94. The normalized spacial score (nSPS) is 15.2. The molecular weight excluding hydrogens is 359 g/mol. The Morgan fingerprint density at radius 1 is 1.08 bits per heavy atom. The van der Waals surface area contributed by atoms with E-state index in [1.807, 2.05) is 11.0 Å². The molecule has 3 rings (SSSR count). The zero-order chi connectivity index (χ0) is 17.8. The van der Waals surface area contributed by atoms with Crippen LogP contribution in [0.4, 0.5) is 11.4 Å². The predicted molar refractivity (Wildman–Crippen MR) is 102 cm³/mol. The van der Waals surface area contributed by atoms with Crippen LogP contribution in [0.15, 0.2) is 36.5 Å². The molecule has 1 aliphatic rings. The zero-order valence-electron chi connectivity index (χ0n) is 14.0. The highest BCUT2D eigenvalue weighted by Crippen LogP contribution is 2.25. The first-order valence-electron chi connectivity index (χ1n) is 8.26. The fourth-order valence-electron chi connectivity index (χ4n) is 2.82. The number of benzene rings is 1. The standard InChI is InChI=1S/C18H20Cl2N4O/c1-2-23-5-7-24(8-6-23)18(25)17-4-3-15(12-21-17)22-16-10-13(19)9-14(20)11-16/h3-4,9-12,22H,2,5-8H2,1H3. The summed E-state index contributed by atoms with van der Waals surface area (Å²) in [5.41, 5.74) is 2.00. The Morgan fingerprint density at radius 3 is 2.32 bits per heavy atom. The van der Waals surface area contributed by atoms with Gasteiger partial charge in [-0.05, 0) is 36.9 Å². The molecule has 7 heteroatoms. The lowest BCUT2D eigenvalue weighted by atomic mass is 10.2. The number of hydrogen-bond donors (Lipinski definition) is 1. The van der Waals surface area contributed by atoms with Crippen LogP contribution in [0.5, 0.6) is 0 Å². The minimum absolute atomic E-state index is 0.0203. The quantitative estimate of drug-likeness (QED) is 0.875. The van der Waals surface area contributed by atoms with E-state index < -0.39 is 0 Å². The third kappa shape index (κ3) is 4.63. The molecule has 0 aliphatic carbocycles. The molecule has 0 spiro atoms. The van der Waals surface area contributed by atoms with Crippen LogP contribution in [0.1, 0.15) is 17.4 Å². The van der Waals surface area contributed by atoms with Gasteiger partial charge in [0.2, 0.25) is 0 Å². The molecule has 1 saturated heterocycles.